The van der Waals surface area contributed by atoms with E-state index in [2.05, 4.69) is 23.5 Å². The molecule has 2 bridgehead atoms. The number of hydrogen-bond acceptors (Lipinski definition) is 4. The van der Waals surface area contributed by atoms with Gasteiger partial charge in [0.05, 0.1) is 19.1 Å². The van der Waals surface area contributed by atoms with Crippen molar-refractivity contribution in [1.82, 2.24) is 5.32 Å². The molecule has 4 heteroatoms. The number of methoxy groups -OCH3 is 1. The Morgan fingerprint density at radius 2 is 2.04 bits per heavy atom. The van der Waals surface area contributed by atoms with Crippen molar-refractivity contribution in [2.45, 2.75) is 68.4 Å². The standard InChI is InChI=1S/C21H27NO3/c1-24-16-7-6-15-12-18-21(25-19(23)14-4-5-14)9-3-2-8-20(21,10-11-22-18)17(15)13-16/h6-7,13-14,18,22H,2-5,8-12H2,1H3/t18-,20+,21-/m1/s1. The Kier molecular flexibility index (Phi) is 3.43. The predicted molar refractivity (Wildman–Crippen MR) is 94.8 cm³/mol. The largest absolute Gasteiger partial charge is 0.497 e. The van der Waals surface area contributed by atoms with E-state index in [1.807, 2.05) is 0 Å². The van der Waals surface area contributed by atoms with Crippen LogP contribution in [0.4, 0.5) is 0 Å². The van der Waals surface area contributed by atoms with Gasteiger partial charge in [-0.05, 0) is 74.8 Å². The molecule has 1 aromatic rings. The molecular weight excluding hydrogens is 314 g/mol. The van der Waals surface area contributed by atoms with Gasteiger partial charge in [-0.2, -0.15) is 0 Å². The first kappa shape index (κ1) is 15.7. The van der Waals surface area contributed by atoms with Gasteiger partial charge < -0.3 is 14.8 Å². The first-order valence-electron chi connectivity index (χ1n) is 9.82. The van der Waals surface area contributed by atoms with E-state index in [0.717, 1.165) is 57.2 Å². The van der Waals surface area contributed by atoms with Crippen molar-refractivity contribution in [2.24, 2.45) is 5.92 Å². The topological polar surface area (TPSA) is 47.6 Å². The molecule has 0 unspecified atom stereocenters. The molecule has 3 fully saturated rings. The summed E-state index contributed by atoms with van der Waals surface area (Å²) in [6.07, 6.45) is 8.46. The lowest BCUT2D eigenvalue weighted by molar-refractivity contribution is -0.192. The Balaban J connectivity index is 1.66. The van der Waals surface area contributed by atoms with Crippen LogP contribution < -0.4 is 10.1 Å². The molecule has 1 aromatic carbocycles. The Morgan fingerprint density at radius 3 is 2.84 bits per heavy atom. The lowest BCUT2D eigenvalue weighted by atomic mass is 9.50. The molecule has 0 amide bonds. The van der Waals surface area contributed by atoms with E-state index in [-0.39, 0.29) is 28.9 Å². The Bertz CT molecular complexity index is 709. The van der Waals surface area contributed by atoms with Crippen LogP contribution >= 0.6 is 0 Å². The normalized spacial score (nSPS) is 36.1. The Labute approximate surface area is 149 Å². The van der Waals surface area contributed by atoms with Crippen LogP contribution in [0.5, 0.6) is 5.75 Å². The molecule has 1 N–H and O–H groups in total. The highest BCUT2D eigenvalue weighted by Gasteiger charge is 2.65. The second-order valence-corrected chi connectivity index (χ2v) is 8.36. The number of fused-ring (bicyclic) bond motifs is 1. The Hall–Kier alpha value is -1.55. The van der Waals surface area contributed by atoms with Gasteiger partial charge in [0, 0.05) is 5.41 Å². The summed E-state index contributed by atoms with van der Waals surface area (Å²) in [6.45, 7) is 1.00. The minimum atomic E-state index is -0.372. The zero-order valence-corrected chi connectivity index (χ0v) is 15.0. The van der Waals surface area contributed by atoms with E-state index >= 15 is 0 Å². The van der Waals surface area contributed by atoms with Crippen molar-refractivity contribution in [3.05, 3.63) is 29.3 Å². The van der Waals surface area contributed by atoms with Crippen molar-refractivity contribution in [3.63, 3.8) is 0 Å². The maximum atomic E-state index is 12.7. The number of ether oxygens (including phenoxy) is 2. The molecule has 0 radical (unpaired) electrons. The van der Waals surface area contributed by atoms with Crippen LogP contribution in [0.15, 0.2) is 18.2 Å². The summed E-state index contributed by atoms with van der Waals surface area (Å²) in [4.78, 5) is 12.7. The molecule has 2 saturated carbocycles. The molecule has 1 aliphatic heterocycles. The van der Waals surface area contributed by atoms with E-state index in [4.69, 9.17) is 9.47 Å². The SMILES string of the molecule is COc1ccc2c(c1)[C@@]13CCCC[C@@]1(OC(=O)C1CC1)[C@@H](C2)NCC3. The number of piperidine rings is 1. The maximum Gasteiger partial charge on any atom is 0.309 e. The van der Waals surface area contributed by atoms with Gasteiger partial charge in [0.15, 0.2) is 0 Å². The molecule has 25 heavy (non-hydrogen) atoms. The minimum Gasteiger partial charge on any atom is -0.497 e. The van der Waals surface area contributed by atoms with Gasteiger partial charge in [0.1, 0.15) is 11.4 Å². The third kappa shape index (κ3) is 2.13. The number of carbonyl (C=O) groups is 1. The fourth-order valence-corrected chi connectivity index (χ4v) is 5.80. The quantitative estimate of drug-likeness (QED) is 0.858. The second-order valence-electron chi connectivity index (χ2n) is 8.36. The number of esters is 1. The average molecular weight is 341 g/mol. The first-order valence-corrected chi connectivity index (χ1v) is 9.82. The third-order valence-electron chi connectivity index (χ3n) is 7.17. The monoisotopic (exact) mass is 341 g/mol. The highest BCUT2D eigenvalue weighted by Crippen LogP contribution is 2.59. The van der Waals surface area contributed by atoms with E-state index in [1.165, 1.54) is 17.5 Å². The van der Waals surface area contributed by atoms with E-state index in [1.54, 1.807) is 7.11 Å². The summed E-state index contributed by atoms with van der Waals surface area (Å²) in [5.41, 5.74) is 2.36. The van der Waals surface area contributed by atoms with E-state index < -0.39 is 0 Å². The fourth-order valence-electron chi connectivity index (χ4n) is 5.80. The van der Waals surface area contributed by atoms with Crippen LogP contribution in [-0.2, 0) is 21.4 Å². The smallest absolute Gasteiger partial charge is 0.309 e. The highest BCUT2D eigenvalue weighted by atomic mass is 16.6. The van der Waals surface area contributed by atoms with Crippen molar-refractivity contribution in [3.8, 4) is 5.75 Å². The van der Waals surface area contributed by atoms with Crippen LogP contribution in [0.2, 0.25) is 0 Å². The van der Waals surface area contributed by atoms with Crippen LogP contribution in [0.3, 0.4) is 0 Å². The highest BCUT2D eigenvalue weighted by molar-refractivity contribution is 5.76. The van der Waals surface area contributed by atoms with E-state index in [9.17, 15) is 4.79 Å². The van der Waals surface area contributed by atoms with Gasteiger partial charge in [-0.3, -0.25) is 4.79 Å². The van der Waals surface area contributed by atoms with Gasteiger partial charge >= 0.3 is 5.97 Å². The van der Waals surface area contributed by atoms with Crippen molar-refractivity contribution < 1.29 is 14.3 Å². The molecule has 1 heterocycles. The van der Waals surface area contributed by atoms with E-state index in [0.29, 0.717) is 0 Å². The van der Waals surface area contributed by atoms with Crippen LogP contribution in [0.1, 0.15) is 56.1 Å². The lowest BCUT2D eigenvalue weighted by Gasteiger charge is -2.62. The summed E-state index contributed by atoms with van der Waals surface area (Å²) in [5, 5.41) is 3.71. The number of nitrogens with one attached hydrogen (secondary N) is 1. The molecule has 134 valence electrons. The molecule has 0 spiro atoms. The van der Waals surface area contributed by atoms with Gasteiger partial charge in [0.25, 0.3) is 0 Å². The van der Waals surface area contributed by atoms with Gasteiger partial charge in [0.2, 0.25) is 0 Å². The fraction of sp³-hybridized carbons (Fsp3) is 0.667. The molecule has 0 aromatic heterocycles. The van der Waals surface area contributed by atoms with Gasteiger partial charge in [-0.25, -0.2) is 0 Å². The van der Waals surface area contributed by atoms with Crippen molar-refractivity contribution in [2.75, 3.05) is 13.7 Å². The lowest BCUT2D eigenvalue weighted by Crippen LogP contribution is -2.73. The molecule has 1 saturated heterocycles. The van der Waals surface area contributed by atoms with Gasteiger partial charge in [-0.15, -0.1) is 0 Å². The third-order valence-corrected chi connectivity index (χ3v) is 7.17. The summed E-state index contributed by atoms with van der Waals surface area (Å²) in [6, 6.07) is 6.75. The molecule has 4 aliphatic rings. The van der Waals surface area contributed by atoms with Crippen molar-refractivity contribution >= 4 is 5.97 Å². The number of rotatable bonds is 3. The van der Waals surface area contributed by atoms with Crippen LogP contribution in [0.25, 0.3) is 0 Å². The molecule has 3 atom stereocenters. The number of carbonyl (C=O) groups excluding carboxylic acids is 1. The van der Waals surface area contributed by atoms with Crippen LogP contribution in [-0.4, -0.2) is 31.3 Å². The molecule has 3 aliphatic carbocycles. The maximum absolute atomic E-state index is 12.7. The number of benzene rings is 1. The Morgan fingerprint density at radius 1 is 1.20 bits per heavy atom. The molecular formula is C21H27NO3. The minimum absolute atomic E-state index is 0.0475. The predicted octanol–water partition coefficient (Wildman–Crippen LogP) is 3.12. The zero-order valence-electron chi connectivity index (χ0n) is 15.0. The van der Waals surface area contributed by atoms with Crippen molar-refractivity contribution in [1.29, 1.82) is 0 Å². The average Bonchev–Trinajstić information content (AvgIpc) is 3.46. The first-order chi connectivity index (χ1) is 12.2. The second kappa shape index (κ2) is 5.47. The number of hydrogen-bond donors (Lipinski definition) is 1. The summed E-state index contributed by atoms with van der Waals surface area (Å²) < 4.78 is 12.0. The zero-order chi connectivity index (χ0) is 17.1. The summed E-state index contributed by atoms with van der Waals surface area (Å²) in [5.74, 6) is 1.12. The molecule has 4 nitrogen and oxygen atoms in total. The summed E-state index contributed by atoms with van der Waals surface area (Å²) >= 11 is 0. The van der Waals surface area contributed by atoms with Crippen LogP contribution in [0, 0.1) is 5.92 Å². The molecule has 5 rings (SSSR count). The van der Waals surface area contributed by atoms with Gasteiger partial charge in [-0.1, -0.05) is 12.5 Å². The summed E-state index contributed by atoms with van der Waals surface area (Å²) in [7, 11) is 1.73.